The Kier molecular flexibility index (Phi) is 20.7. The van der Waals surface area contributed by atoms with Crippen LogP contribution in [0.15, 0.2) is 24.3 Å². The van der Waals surface area contributed by atoms with Gasteiger partial charge in [-0.1, -0.05) is 38.5 Å². The first-order valence-corrected chi connectivity index (χ1v) is 10.4. The molecule has 6 N–H and O–H groups in total. The summed E-state index contributed by atoms with van der Waals surface area (Å²) in [6, 6.07) is 5.02. The maximum Gasteiger partial charge on any atom is 0.335 e. The van der Waals surface area contributed by atoms with E-state index in [-0.39, 0.29) is 37.2 Å². The zero-order valence-electron chi connectivity index (χ0n) is 18.1. The van der Waals surface area contributed by atoms with Gasteiger partial charge in [-0.15, -0.1) is 0 Å². The number of carbonyl (C=O) groups is 4. The fourth-order valence-corrected chi connectivity index (χ4v) is 2.37. The largest absolute Gasteiger partial charge is 0.481 e. The van der Waals surface area contributed by atoms with Gasteiger partial charge in [0, 0.05) is 12.8 Å². The summed E-state index contributed by atoms with van der Waals surface area (Å²) in [7, 11) is 0. The normalized spacial score (nSPS) is 9.56. The molecule has 0 fully saturated rings. The van der Waals surface area contributed by atoms with E-state index in [1.54, 1.807) is 0 Å². The molecule has 0 aromatic heterocycles. The molecule has 0 spiro atoms. The highest BCUT2D eigenvalue weighted by Gasteiger charge is 2.05. The van der Waals surface area contributed by atoms with Crippen LogP contribution >= 0.6 is 0 Å². The highest BCUT2D eigenvalue weighted by atomic mass is 16.4. The molecule has 10 nitrogen and oxygen atoms in total. The Bertz CT molecular complexity index is 598. The van der Waals surface area contributed by atoms with Gasteiger partial charge in [-0.25, -0.2) is 9.59 Å². The van der Waals surface area contributed by atoms with Gasteiger partial charge in [0.05, 0.1) is 24.3 Å². The molecular weight excluding hydrogens is 424 g/mol. The number of carboxylic acid groups (broad SMARTS) is 4. The molecule has 0 aliphatic rings. The van der Waals surface area contributed by atoms with Crippen LogP contribution in [0.3, 0.4) is 0 Å². The monoisotopic (exact) mass is 458 g/mol. The zero-order valence-corrected chi connectivity index (χ0v) is 18.1. The summed E-state index contributed by atoms with van der Waals surface area (Å²) in [5.41, 5.74) is 0.167. The number of aromatic carboxylic acids is 2. The lowest BCUT2D eigenvalue weighted by Crippen LogP contribution is -1.99. The van der Waals surface area contributed by atoms with Crippen molar-refractivity contribution in [1.29, 1.82) is 0 Å². The maximum absolute atomic E-state index is 10.3. The third-order valence-electron chi connectivity index (χ3n) is 4.01. The lowest BCUT2D eigenvalue weighted by molar-refractivity contribution is -0.138. The number of aliphatic carboxylic acids is 2. The SMILES string of the molecule is O=C(O)CCCCCCCCCCC(=O)O.O=C(O)c1ccc(C(=O)O)cc1.OCCO. The molecule has 0 bridgehead atoms. The second kappa shape index (κ2) is 21.3. The first kappa shape index (κ1) is 31.2. The number of aliphatic hydroxyl groups is 2. The number of carboxylic acids is 4. The van der Waals surface area contributed by atoms with Crippen LogP contribution in [-0.2, 0) is 9.59 Å². The van der Waals surface area contributed by atoms with E-state index in [0.29, 0.717) is 0 Å². The second-order valence-electron chi connectivity index (χ2n) is 6.75. The standard InChI is InChI=1S/C12H22O4.C8H6O4.C2H6O2/c13-11(14)9-7-5-3-1-2-4-6-8-10-12(15)16;9-7(10)5-1-2-6(4-3-5)8(11)12;3-1-2-4/h1-10H2,(H,13,14)(H,15,16);1-4H,(H,9,10)(H,11,12);3-4H,1-2H2. The van der Waals surface area contributed by atoms with E-state index in [4.69, 9.17) is 30.6 Å². The summed E-state index contributed by atoms with van der Waals surface area (Å²) in [6.07, 6.45) is 8.51. The Hall–Kier alpha value is -2.98. The van der Waals surface area contributed by atoms with Gasteiger partial charge in [-0.05, 0) is 37.1 Å². The highest BCUT2D eigenvalue weighted by Crippen LogP contribution is 2.10. The van der Waals surface area contributed by atoms with Crippen molar-refractivity contribution in [3.63, 3.8) is 0 Å². The van der Waals surface area contributed by atoms with Crippen LogP contribution < -0.4 is 0 Å². The lowest BCUT2D eigenvalue weighted by atomic mass is 10.1. The Balaban J connectivity index is 0. The fourth-order valence-electron chi connectivity index (χ4n) is 2.37. The summed E-state index contributed by atoms with van der Waals surface area (Å²) in [6.45, 7) is -0.250. The summed E-state index contributed by atoms with van der Waals surface area (Å²) < 4.78 is 0. The molecule has 0 saturated heterocycles. The van der Waals surface area contributed by atoms with Crippen molar-refractivity contribution < 1.29 is 49.8 Å². The number of aliphatic hydroxyl groups excluding tert-OH is 2. The molecule has 1 aromatic carbocycles. The highest BCUT2D eigenvalue weighted by molar-refractivity contribution is 5.91. The van der Waals surface area contributed by atoms with E-state index in [0.717, 1.165) is 51.4 Å². The Morgan fingerprint density at radius 1 is 0.500 bits per heavy atom. The Morgan fingerprint density at radius 3 is 0.938 bits per heavy atom. The van der Waals surface area contributed by atoms with Crippen LogP contribution in [0.4, 0.5) is 0 Å². The minimum atomic E-state index is -1.06. The van der Waals surface area contributed by atoms with Crippen molar-refractivity contribution in [2.45, 2.75) is 64.2 Å². The van der Waals surface area contributed by atoms with E-state index in [1.165, 1.54) is 24.3 Å². The fraction of sp³-hybridized carbons (Fsp3) is 0.545. The van der Waals surface area contributed by atoms with Crippen LogP contribution in [0.2, 0.25) is 0 Å². The molecule has 182 valence electrons. The molecule has 0 aliphatic carbocycles. The van der Waals surface area contributed by atoms with Crippen molar-refractivity contribution in [2.24, 2.45) is 0 Å². The molecule has 0 atom stereocenters. The van der Waals surface area contributed by atoms with Gasteiger partial charge in [0.1, 0.15) is 0 Å². The molecule has 0 heterocycles. The number of unbranched alkanes of at least 4 members (excludes halogenated alkanes) is 7. The molecule has 0 radical (unpaired) electrons. The minimum Gasteiger partial charge on any atom is -0.481 e. The van der Waals surface area contributed by atoms with Crippen LogP contribution in [0, 0.1) is 0 Å². The first-order valence-electron chi connectivity index (χ1n) is 10.4. The van der Waals surface area contributed by atoms with Gasteiger partial charge in [-0.2, -0.15) is 0 Å². The molecule has 0 aliphatic heterocycles. The van der Waals surface area contributed by atoms with Crippen molar-refractivity contribution in [1.82, 2.24) is 0 Å². The van der Waals surface area contributed by atoms with E-state index >= 15 is 0 Å². The van der Waals surface area contributed by atoms with Crippen molar-refractivity contribution >= 4 is 23.9 Å². The van der Waals surface area contributed by atoms with Gasteiger partial charge in [0.25, 0.3) is 0 Å². The Labute approximate surface area is 187 Å². The molecule has 0 unspecified atom stereocenters. The Morgan fingerprint density at radius 2 is 0.750 bits per heavy atom. The number of benzene rings is 1. The average Bonchev–Trinajstić information content (AvgIpc) is 2.75. The summed E-state index contributed by atoms with van der Waals surface area (Å²) in [5.74, 6) is -3.55. The van der Waals surface area contributed by atoms with E-state index in [9.17, 15) is 19.2 Å². The van der Waals surface area contributed by atoms with Gasteiger partial charge in [0.15, 0.2) is 0 Å². The van der Waals surface area contributed by atoms with Crippen LogP contribution in [-0.4, -0.2) is 67.7 Å². The molecular formula is C22H34O10. The van der Waals surface area contributed by atoms with Crippen LogP contribution in [0.25, 0.3) is 0 Å². The van der Waals surface area contributed by atoms with Crippen LogP contribution in [0.5, 0.6) is 0 Å². The van der Waals surface area contributed by atoms with Gasteiger partial charge >= 0.3 is 23.9 Å². The predicted molar refractivity (Wildman–Crippen MR) is 116 cm³/mol. The summed E-state index contributed by atoms with van der Waals surface area (Å²) >= 11 is 0. The van der Waals surface area contributed by atoms with Crippen molar-refractivity contribution in [2.75, 3.05) is 13.2 Å². The number of rotatable bonds is 14. The molecule has 0 saturated carbocycles. The number of hydrogen-bond donors (Lipinski definition) is 6. The smallest absolute Gasteiger partial charge is 0.335 e. The molecule has 10 heteroatoms. The van der Waals surface area contributed by atoms with Gasteiger partial charge in [-0.3, -0.25) is 9.59 Å². The van der Waals surface area contributed by atoms with Crippen molar-refractivity contribution in [3.8, 4) is 0 Å². The third kappa shape index (κ3) is 21.7. The molecule has 32 heavy (non-hydrogen) atoms. The minimum absolute atomic E-state index is 0.0833. The maximum atomic E-state index is 10.3. The van der Waals surface area contributed by atoms with Crippen molar-refractivity contribution in [3.05, 3.63) is 35.4 Å². The van der Waals surface area contributed by atoms with Crippen LogP contribution in [0.1, 0.15) is 84.9 Å². The average molecular weight is 459 g/mol. The van der Waals surface area contributed by atoms with E-state index < -0.39 is 23.9 Å². The van der Waals surface area contributed by atoms with E-state index in [1.807, 2.05) is 0 Å². The zero-order chi connectivity index (χ0) is 24.8. The topological polar surface area (TPSA) is 190 Å². The molecule has 1 rings (SSSR count). The summed E-state index contributed by atoms with van der Waals surface area (Å²) in [4.78, 5) is 41.1. The quantitative estimate of drug-likeness (QED) is 0.226. The lowest BCUT2D eigenvalue weighted by Gasteiger charge is -2.00. The third-order valence-corrected chi connectivity index (χ3v) is 4.01. The van der Waals surface area contributed by atoms with Gasteiger partial charge < -0.3 is 30.6 Å². The number of hydrogen-bond acceptors (Lipinski definition) is 6. The molecule has 0 amide bonds. The van der Waals surface area contributed by atoms with Gasteiger partial charge in [0.2, 0.25) is 0 Å². The first-order chi connectivity index (χ1) is 15.1. The molecule has 1 aromatic rings. The van der Waals surface area contributed by atoms with E-state index in [2.05, 4.69) is 0 Å². The summed E-state index contributed by atoms with van der Waals surface area (Å²) in [5, 5.41) is 49.0. The predicted octanol–water partition coefficient (Wildman–Crippen LogP) is 3.11. The second-order valence-corrected chi connectivity index (χ2v) is 6.75.